The summed E-state index contributed by atoms with van der Waals surface area (Å²) in [6.45, 7) is 0. The van der Waals surface area contributed by atoms with Crippen LogP contribution in [0.15, 0.2) is 6.07 Å². The molecule has 0 spiro atoms. The zero-order valence-corrected chi connectivity index (χ0v) is 6.72. The standard InChI is InChI=1S/C8H5F3O3/c9-4-1-3(2-5(12)13)6(10)7(11)8(4)14/h1,14H,2H2,(H,12,13). The second-order valence-corrected chi connectivity index (χ2v) is 2.56. The van der Waals surface area contributed by atoms with E-state index in [1.165, 1.54) is 0 Å². The number of aliphatic carboxylic acids is 1. The van der Waals surface area contributed by atoms with Crippen molar-refractivity contribution in [1.82, 2.24) is 0 Å². The smallest absolute Gasteiger partial charge is 0.307 e. The van der Waals surface area contributed by atoms with Crippen molar-refractivity contribution in [2.45, 2.75) is 6.42 Å². The fraction of sp³-hybridized carbons (Fsp3) is 0.125. The minimum Gasteiger partial charge on any atom is -0.503 e. The van der Waals surface area contributed by atoms with Crippen LogP contribution in [0.5, 0.6) is 5.75 Å². The van der Waals surface area contributed by atoms with Crippen LogP contribution in [0.2, 0.25) is 0 Å². The number of hydrogen-bond acceptors (Lipinski definition) is 2. The Morgan fingerprint density at radius 2 is 1.86 bits per heavy atom. The lowest BCUT2D eigenvalue weighted by Gasteiger charge is -2.03. The van der Waals surface area contributed by atoms with E-state index in [-0.39, 0.29) is 0 Å². The molecule has 0 aliphatic heterocycles. The van der Waals surface area contributed by atoms with Gasteiger partial charge in [0.2, 0.25) is 5.82 Å². The van der Waals surface area contributed by atoms with Crippen molar-refractivity contribution in [3.8, 4) is 5.75 Å². The number of halogens is 3. The average molecular weight is 206 g/mol. The van der Waals surface area contributed by atoms with E-state index in [4.69, 9.17) is 10.2 Å². The second-order valence-electron chi connectivity index (χ2n) is 2.56. The van der Waals surface area contributed by atoms with Crippen LogP contribution in [0.4, 0.5) is 13.2 Å². The number of carboxylic acids is 1. The molecule has 0 aromatic heterocycles. The Morgan fingerprint density at radius 1 is 1.29 bits per heavy atom. The van der Waals surface area contributed by atoms with Gasteiger partial charge >= 0.3 is 5.97 Å². The van der Waals surface area contributed by atoms with E-state index in [1.807, 2.05) is 0 Å². The number of rotatable bonds is 2. The summed E-state index contributed by atoms with van der Waals surface area (Å²) in [6.07, 6.45) is -0.847. The van der Waals surface area contributed by atoms with E-state index < -0.39 is 41.2 Å². The molecule has 6 heteroatoms. The van der Waals surface area contributed by atoms with Crippen molar-refractivity contribution in [2.24, 2.45) is 0 Å². The first-order valence-corrected chi connectivity index (χ1v) is 3.50. The van der Waals surface area contributed by atoms with Crippen molar-refractivity contribution >= 4 is 5.97 Å². The maximum atomic E-state index is 12.8. The molecule has 76 valence electrons. The molecule has 0 aliphatic carbocycles. The first kappa shape index (κ1) is 10.4. The molecule has 0 atom stereocenters. The van der Waals surface area contributed by atoms with Gasteiger partial charge in [0.1, 0.15) is 0 Å². The SMILES string of the molecule is O=C(O)Cc1cc(F)c(O)c(F)c1F. The molecule has 0 saturated carbocycles. The second kappa shape index (κ2) is 3.57. The Morgan fingerprint density at radius 3 is 2.36 bits per heavy atom. The molecule has 0 bridgehead atoms. The molecule has 1 aromatic rings. The van der Waals surface area contributed by atoms with Crippen LogP contribution in [-0.4, -0.2) is 16.2 Å². The maximum absolute atomic E-state index is 12.8. The molecular weight excluding hydrogens is 201 g/mol. The zero-order valence-electron chi connectivity index (χ0n) is 6.72. The quantitative estimate of drug-likeness (QED) is 0.719. The van der Waals surface area contributed by atoms with E-state index >= 15 is 0 Å². The van der Waals surface area contributed by atoms with Gasteiger partial charge in [-0.1, -0.05) is 0 Å². The highest BCUT2D eigenvalue weighted by molar-refractivity contribution is 5.70. The van der Waals surface area contributed by atoms with Crippen LogP contribution < -0.4 is 0 Å². The number of phenolic OH excluding ortho intramolecular Hbond substituents is 1. The highest BCUT2D eigenvalue weighted by atomic mass is 19.2. The number of carboxylic acid groups (broad SMARTS) is 1. The van der Waals surface area contributed by atoms with Crippen molar-refractivity contribution in [3.63, 3.8) is 0 Å². The Balaban J connectivity index is 3.25. The van der Waals surface area contributed by atoms with Gasteiger partial charge in [-0.3, -0.25) is 4.79 Å². The van der Waals surface area contributed by atoms with Crippen LogP contribution in [0.1, 0.15) is 5.56 Å². The highest BCUT2D eigenvalue weighted by Crippen LogP contribution is 2.25. The lowest BCUT2D eigenvalue weighted by Crippen LogP contribution is -2.05. The number of carbonyl (C=O) groups is 1. The summed E-state index contributed by atoms with van der Waals surface area (Å²) in [6, 6.07) is 0.446. The molecule has 0 heterocycles. The highest BCUT2D eigenvalue weighted by Gasteiger charge is 2.19. The third-order valence-electron chi connectivity index (χ3n) is 1.55. The van der Waals surface area contributed by atoms with E-state index in [1.54, 1.807) is 0 Å². The van der Waals surface area contributed by atoms with Crippen molar-refractivity contribution in [2.75, 3.05) is 0 Å². The summed E-state index contributed by atoms with van der Waals surface area (Å²) < 4.78 is 38.1. The predicted molar refractivity (Wildman–Crippen MR) is 39.3 cm³/mol. The molecule has 1 rings (SSSR count). The first-order chi connectivity index (χ1) is 6.43. The number of benzene rings is 1. The van der Waals surface area contributed by atoms with Gasteiger partial charge in [0.15, 0.2) is 17.4 Å². The fourth-order valence-corrected chi connectivity index (χ4v) is 0.926. The van der Waals surface area contributed by atoms with E-state index in [0.29, 0.717) is 6.07 Å². The predicted octanol–water partition coefficient (Wildman–Crippen LogP) is 1.44. The molecule has 14 heavy (non-hydrogen) atoms. The first-order valence-electron chi connectivity index (χ1n) is 3.50. The van der Waals surface area contributed by atoms with Crippen molar-refractivity contribution < 1.29 is 28.2 Å². The van der Waals surface area contributed by atoms with Crippen LogP contribution in [0, 0.1) is 17.5 Å². The molecule has 0 radical (unpaired) electrons. The summed E-state index contributed by atoms with van der Waals surface area (Å²) in [5, 5.41) is 16.9. The van der Waals surface area contributed by atoms with Crippen LogP contribution in [-0.2, 0) is 11.2 Å². The Kier molecular flexibility index (Phi) is 2.64. The van der Waals surface area contributed by atoms with Crippen LogP contribution >= 0.6 is 0 Å². The van der Waals surface area contributed by atoms with Crippen LogP contribution in [0.3, 0.4) is 0 Å². The Hall–Kier alpha value is -1.72. The molecule has 0 unspecified atom stereocenters. The fourth-order valence-electron chi connectivity index (χ4n) is 0.926. The normalized spacial score (nSPS) is 10.2. The molecule has 0 amide bonds. The largest absolute Gasteiger partial charge is 0.503 e. The van der Waals surface area contributed by atoms with Gasteiger partial charge in [-0.05, 0) is 6.07 Å². The van der Waals surface area contributed by atoms with Gasteiger partial charge in [0.25, 0.3) is 0 Å². The summed E-state index contributed by atoms with van der Waals surface area (Å²) in [5.74, 6) is -7.59. The Bertz CT molecular complexity index is 390. The molecule has 0 saturated heterocycles. The number of phenols is 1. The van der Waals surface area contributed by atoms with Crippen molar-refractivity contribution in [3.05, 3.63) is 29.1 Å². The minimum absolute atomic E-state index is 0.446. The average Bonchev–Trinajstić information content (AvgIpc) is 2.10. The van der Waals surface area contributed by atoms with Gasteiger partial charge in [0.05, 0.1) is 6.42 Å². The molecule has 0 aliphatic rings. The number of hydrogen-bond donors (Lipinski definition) is 2. The summed E-state index contributed by atoms with van der Waals surface area (Å²) in [4.78, 5) is 10.2. The summed E-state index contributed by atoms with van der Waals surface area (Å²) >= 11 is 0. The lowest BCUT2D eigenvalue weighted by atomic mass is 10.1. The van der Waals surface area contributed by atoms with E-state index in [2.05, 4.69) is 0 Å². The van der Waals surface area contributed by atoms with Gasteiger partial charge in [-0.15, -0.1) is 0 Å². The lowest BCUT2D eigenvalue weighted by molar-refractivity contribution is -0.136. The summed E-state index contributed by atoms with van der Waals surface area (Å²) in [5.41, 5.74) is -0.648. The third-order valence-corrected chi connectivity index (χ3v) is 1.55. The topological polar surface area (TPSA) is 57.5 Å². The van der Waals surface area contributed by atoms with Gasteiger partial charge < -0.3 is 10.2 Å². The van der Waals surface area contributed by atoms with E-state index in [9.17, 15) is 18.0 Å². The van der Waals surface area contributed by atoms with E-state index in [0.717, 1.165) is 0 Å². The zero-order chi connectivity index (χ0) is 10.9. The molecule has 2 N–H and O–H groups in total. The molecule has 1 aromatic carbocycles. The maximum Gasteiger partial charge on any atom is 0.307 e. The Labute approximate surface area is 76.4 Å². The molecule has 3 nitrogen and oxygen atoms in total. The van der Waals surface area contributed by atoms with Gasteiger partial charge in [-0.25, -0.2) is 8.78 Å². The third kappa shape index (κ3) is 1.78. The molecule has 0 fully saturated rings. The summed E-state index contributed by atoms with van der Waals surface area (Å²) in [7, 11) is 0. The minimum atomic E-state index is -1.78. The van der Waals surface area contributed by atoms with Crippen LogP contribution in [0.25, 0.3) is 0 Å². The monoisotopic (exact) mass is 206 g/mol. The van der Waals surface area contributed by atoms with Gasteiger partial charge in [0, 0.05) is 5.56 Å². The van der Waals surface area contributed by atoms with Crippen molar-refractivity contribution in [1.29, 1.82) is 0 Å². The molecular formula is C8H5F3O3. The van der Waals surface area contributed by atoms with Gasteiger partial charge in [-0.2, -0.15) is 4.39 Å². The number of aromatic hydroxyl groups is 1.